The Bertz CT molecular complexity index is 1240. The fraction of sp³-hybridized carbons (Fsp3) is 0.484. The molecule has 2 aromatic rings. The molecule has 2 saturated heterocycles. The van der Waals surface area contributed by atoms with E-state index < -0.39 is 17.7 Å². The first-order valence-electron chi connectivity index (χ1n) is 13.9. The van der Waals surface area contributed by atoms with Crippen LogP contribution >= 0.6 is 0 Å². The van der Waals surface area contributed by atoms with Crippen LogP contribution in [0.3, 0.4) is 0 Å². The number of carbonyl (C=O) groups excluding carboxylic acids is 2. The van der Waals surface area contributed by atoms with Gasteiger partial charge < -0.3 is 29.0 Å². The Morgan fingerprint density at radius 3 is 2.38 bits per heavy atom. The number of rotatable bonds is 12. The van der Waals surface area contributed by atoms with E-state index in [1.54, 1.807) is 48.4 Å². The molecule has 2 aromatic carbocycles. The lowest BCUT2D eigenvalue weighted by Gasteiger charge is -2.29. The molecule has 1 N–H and O–H groups in total. The molecule has 2 aliphatic rings. The van der Waals surface area contributed by atoms with E-state index in [0.29, 0.717) is 55.4 Å². The van der Waals surface area contributed by atoms with Crippen molar-refractivity contribution in [3.63, 3.8) is 0 Å². The highest BCUT2D eigenvalue weighted by atomic mass is 16.5. The molecule has 2 fully saturated rings. The van der Waals surface area contributed by atoms with Crippen LogP contribution in [0.1, 0.15) is 48.9 Å². The van der Waals surface area contributed by atoms with Crippen molar-refractivity contribution >= 4 is 17.4 Å². The number of aliphatic hydroxyl groups is 1. The normalized spacial score (nSPS) is 19.2. The number of carbonyl (C=O) groups is 2. The Kier molecular flexibility index (Phi) is 10.1. The highest BCUT2D eigenvalue weighted by Gasteiger charge is 2.46. The van der Waals surface area contributed by atoms with Crippen LogP contribution in [0.4, 0.5) is 0 Å². The SMILES string of the molecule is CCCCOc1ccc(/C(O)=C2/C(=O)C(=O)N(CCCN3CCOCC3)C2c2ccc(OC)c(OC)c2)cc1C. The van der Waals surface area contributed by atoms with Crippen LogP contribution in [0, 0.1) is 6.92 Å². The number of likely N-dealkylation sites (tertiary alicyclic amines) is 1. The molecular formula is C31H40N2O7. The lowest BCUT2D eigenvalue weighted by Crippen LogP contribution is -2.38. The fourth-order valence-corrected chi connectivity index (χ4v) is 5.21. The predicted octanol–water partition coefficient (Wildman–Crippen LogP) is 4.34. The van der Waals surface area contributed by atoms with Gasteiger partial charge >= 0.3 is 0 Å². The smallest absolute Gasteiger partial charge is 0.295 e. The summed E-state index contributed by atoms with van der Waals surface area (Å²) in [7, 11) is 3.08. The van der Waals surface area contributed by atoms with Gasteiger partial charge in [0.2, 0.25) is 0 Å². The Labute approximate surface area is 236 Å². The highest BCUT2D eigenvalue weighted by molar-refractivity contribution is 6.46. The Balaban J connectivity index is 1.70. The molecule has 0 spiro atoms. The van der Waals surface area contributed by atoms with Crippen molar-refractivity contribution in [1.29, 1.82) is 0 Å². The number of benzene rings is 2. The number of aryl methyl sites for hydroxylation is 1. The van der Waals surface area contributed by atoms with Crippen LogP contribution in [0.2, 0.25) is 0 Å². The molecule has 0 saturated carbocycles. The van der Waals surface area contributed by atoms with Crippen LogP contribution in [-0.4, -0.2) is 86.8 Å². The first-order valence-corrected chi connectivity index (χ1v) is 13.9. The van der Waals surface area contributed by atoms with Crippen molar-refractivity contribution in [3.8, 4) is 17.2 Å². The molecule has 40 heavy (non-hydrogen) atoms. The summed E-state index contributed by atoms with van der Waals surface area (Å²) in [5.74, 6) is 0.194. The molecule has 9 heteroatoms. The summed E-state index contributed by atoms with van der Waals surface area (Å²) in [6.45, 7) is 8.82. The number of methoxy groups -OCH3 is 2. The number of ether oxygens (including phenoxy) is 4. The predicted molar refractivity (Wildman–Crippen MR) is 152 cm³/mol. The van der Waals surface area contributed by atoms with Crippen molar-refractivity contribution in [2.45, 2.75) is 39.2 Å². The number of aliphatic hydroxyl groups excluding tert-OH is 1. The fourth-order valence-electron chi connectivity index (χ4n) is 5.21. The van der Waals surface area contributed by atoms with E-state index in [1.165, 1.54) is 7.11 Å². The largest absolute Gasteiger partial charge is 0.507 e. The van der Waals surface area contributed by atoms with E-state index in [-0.39, 0.29) is 11.3 Å². The number of morpholine rings is 1. The standard InChI is InChI=1S/C31H40N2O7/c1-5-6-16-40-24-10-9-23(19-21(24)2)29(34)27-28(22-8-11-25(37-3)26(20-22)38-4)33(31(36)30(27)35)13-7-12-32-14-17-39-18-15-32/h8-11,19-20,28,34H,5-7,12-18H2,1-4H3/b29-27-. The van der Waals surface area contributed by atoms with Crippen molar-refractivity contribution in [3.05, 3.63) is 58.7 Å². The minimum atomic E-state index is -0.773. The van der Waals surface area contributed by atoms with Crippen molar-refractivity contribution in [2.75, 3.05) is 60.2 Å². The van der Waals surface area contributed by atoms with Gasteiger partial charge in [-0.2, -0.15) is 0 Å². The second-order valence-corrected chi connectivity index (χ2v) is 10.1. The molecule has 0 radical (unpaired) electrons. The van der Waals surface area contributed by atoms with Gasteiger partial charge in [-0.05, 0) is 61.2 Å². The average molecular weight is 553 g/mol. The van der Waals surface area contributed by atoms with E-state index in [9.17, 15) is 14.7 Å². The molecule has 216 valence electrons. The first kappa shape index (κ1) is 29.4. The maximum Gasteiger partial charge on any atom is 0.295 e. The average Bonchev–Trinajstić information content (AvgIpc) is 3.23. The molecule has 2 heterocycles. The lowest BCUT2D eigenvalue weighted by atomic mass is 9.94. The Morgan fingerprint density at radius 1 is 0.975 bits per heavy atom. The van der Waals surface area contributed by atoms with Gasteiger partial charge in [0.15, 0.2) is 11.5 Å². The summed E-state index contributed by atoms with van der Waals surface area (Å²) in [5, 5.41) is 11.5. The molecule has 0 aromatic heterocycles. The lowest BCUT2D eigenvalue weighted by molar-refractivity contribution is -0.140. The topological polar surface area (TPSA) is 97.8 Å². The van der Waals surface area contributed by atoms with Gasteiger partial charge in [0.25, 0.3) is 11.7 Å². The Morgan fingerprint density at radius 2 is 1.70 bits per heavy atom. The summed E-state index contributed by atoms with van der Waals surface area (Å²) in [5.41, 5.74) is 2.00. The number of Topliss-reactive ketones (excluding diaryl/α,β-unsaturated/α-hetero) is 1. The first-order chi connectivity index (χ1) is 19.4. The van der Waals surface area contributed by atoms with Gasteiger partial charge in [0, 0.05) is 31.7 Å². The van der Waals surface area contributed by atoms with Gasteiger partial charge in [-0.15, -0.1) is 0 Å². The number of amides is 1. The summed E-state index contributed by atoms with van der Waals surface area (Å²) in [4.78, 5) is 30.7. The van der Waals surface area contributed by atoms with E-state index in [4.69, 9.17) is 18.9 Å². The van der Waals surface area contributed by atoms with Gasteiger partial charge in [0.05, 0.1) is 45.7 Å². The number of nitrogens with zero attached hydrogens (tertiary/aromatic N) is 2. The zero-order valence-electron chi connectivity index (χ0n) is 23.9. The van der Waals surface area contributed by atoms with Gasteiger partial charge in [-0.3, -0.25) is 14.5 Å². The molecule has 0 aliphatic carbocycles. The van der Waals surface area contributed by atoms with Gasteiger partial charge in [-0.25, -0.2) is 0 Å². The molecular weight excluding hydrogens is 512 g/mol. The second kappa shape index (κ2) is 13.7. The number of ketones is 1. The monoisotopic (exact) mass is 552 g/mol. The molecule has 1 amide bonds. The second-order valence-electron chi connectivity index (χ2n) is 10.1. The van der Waals surface area contributed by atoms with Crippen LogP contribution in [-0.2, 0) is 14.3 Å². The number of unbranched alkanes of at least 4 members (excludes halogenated alkanes) is 1. The zero-order valence-corrected chi connectivity index (χ0v) is 23.9. The van der Waals surface area contributed by atoms with Crippen molar-refractivity contribution in [2.24, 2.45) is 0 Å². The Hall–Kier alpha value is -3.56. The zero-order chi connectivity index (χ0) is 28.6. The van der Waals surface area contributed by atoms with E-state index in [2.05, 4.69) is 11.8 Å². The maximum atomic E-state index is 13.5. The number of hydrogen-bond acceptors (Lipinski definition) is 8. The third-order valence-electron chi connectivity index (χ3n) is 7.44. The van der Waals surface area contributed by atoms with Crippen LogP contribution in [0.15, 0.2) is 42.0 Å². The summed E-state index contributed by atoms with van der Waals surface area (Å²) < 4.78 is 22.2. The molecule has 1 atom stereocenters. The maximum absolute atomic E-state index is 13.5. The van der Waals surface area contributed by atoms with Gasteiger partial charge in [0.1, 0.15) is 11.5 Å². The van der Waals surface area contributed by atoms with E-state index >= 15 is 0 Å². The van der Waals surface area contributed by atoms with Crippen molar-refractivity contribution < 1.29 is 33.6 Å². The highest BCUT2D eigenvalue weighted by Crippen LogP contribution is 2.42. The van der Waals surface area contributed by atoms with E-state index in [1.807, 2.05) is 6.92 Å². The number of hydrogen-bond donors (Lipinski definition) is 1. The van der Waals surface area contributed by atoms with Crippen molar-refractivity contribution in [1.82, 2.24) is 9.80 Å². The molecule has 1 unspecified atom stereocenters. The molecule has 4 rings (SSSR count). The molecule has 9 nitrogen and oxygen atoms in total. The minimum Gasteiger partial charge on any atom is -0.507 e. The quantitative estimate of drug-likeness (QED) is 0.180. The van der Waals surface area contributed by atoms with E-state index in [0.717, 1.165) is 43.8 Å². The summed E-state index contributed by atoms with van der Waals surface area (Å²) in [6, 6.07) is 9.84. The van der Waals surface area contributed by atoms with Crippen LogP contribution in [0.25, 0.3) is 5.76 Å². The molecule has 2 aliphatic heterocycles. The minimum absolute atomic E-state index is 0.0580. The molecule has 0 bridgehead atoms. The van der Waals surface area contributed by atoms with Crippen LogP contribution < -0.4 is 14.2 Å². The third kappa shape index (κ3) is 6.42. The summed E-state index contributed by atoms with van der Waals surface area (Å²) >= 11 is 0. The summed E-state index contributed by atoms with van der Waals surface area (Å²) in [6.07, 6.45) is 2.65. The van der Waals surface area contributed by atoms with Crippen LogP contribution in [0.5, 0.6) is 17.2 Å². The van der Waals surface area contributed by atoms with Gasteiger partial charge in [-0.1, -0.05) is 19.4 Å². The third-order valence-corrected chi connectivity index (χ3v) is 7.44.